The zero-order valence-corrected chi connectivity index (χ0v) is 15.5. The van der Waals surface area contributed by atoms with Gasteiger partial charge in [-0.05, 0) is 49.6 Å². The first-order valence-corrected chi connectivity index (χ1v) is 9.09. The van der Waals surface area contributed by atoms with Crippen molar-refractivity contribution in [1.29, 1.82) is 0 Å². The molecule has 0 fully saturated rings. The van der Waals surface area contributed by atoms with Crippen LogP contribution in [0.15, 0.2) is 53.1 Å². The number of rotatable bonds is 3. The van der Waals surface area contributed by atoms with E-state index in [1.54, 1.807) is 18.9 Å². The number of amides is 1. The van der Waals surface area contributed by atoms with E-state index in [0.717, 1.165) is 46.7 Å². The number of fused-ring (bicyclic) bond motifs is 3. The summed E-state index contributed by atoms with van der Waals surface area (Å²) in [4.78, 5) is 13.6. The van der Waals surface area contributed by atoms with Crippen LogP contribution in [0.5, 0.6) is 0 Å². The SMILES string of the molecule is C[C@@H](Cl)C(=O)N(C)c1ccc(-c2onc3c2CCc2ccccc2-3)cc1. The van der Waals surface area contributed by atoms with Crippen molar-refractivity contribution >= 4 is 23.2 Å². The summed E-state index contributed by atoms with van der Waals surface area (Å²) in [6.07, 6.45) is 1.90. The van der Waals surface area contributed by atoms with E-state index >= 15 is 0 Å². The molecule has 1 aromatic heterocycles. The van der Waals surface area contributed by atoms with E-state index in [4.69, 9.17) is 16.1 Å². The van der Waals surface area contributed by atoms with E-state index in [-0.39, 0.29) is 5.91 Å². The van der Waals surface area contributed by atoms with E-state index < -0.39 is 5.38 Å². The molecular formula is C21H19ClN2O2. The number of aryl methyl sites for hydroxylation is 1. The van der Waals surface area contributed by atoms with Gasteiger partial charge in [-0.25, -0.2) is 0 Å². The Kier molecular flexibility index (Phi) is 4.29. The van der Waals surface area contributed by atoms with E-state index in [0.29, 0.717) is 0 Å². The highest BCUT2D eigenvalue weighted by Crippen LogP contribution is 2.38. The second-order valence-corrected chi connectivity index (χ2v) is 7.21. The Morgan fingerprint density at radius 1 is 1.15 bits per heavy atom. The van der Waals surface area contributed by atoms with Crippen LogP contribution in [-0.2, 0) is 17.6 Å². The summed E-state index contributed by atoms with van der Waals surface area (Å²) in [6, 6.07) is 16.0. The van der Waals surface area contributed by atoms with Crippen LogP contribution in [0.3, 0.4) is 0 Å². The molecule has 0 radical (unpaired) electrons. The molecule has 1 heterocycles. The van der Waals surface area contributed by atoms with Gasteiger partial charge in [-0.3, -0.25) is 4.79 Å². The summed E-state index contributed by atoms with van der Waals surface area (Å²) < 4.78 is 5.69. The fourth-order valence-corrected chi connectivity index (χ4v) is 3.59. The van der Waals surface area contributed by atoms with E-state index in [1.807, 2.05) is 30.3 Å². The van der Waals surface area contributed by atoms with Crippen LogP contribution in [0.2, 0.25) is 0 Å². The average molecular weight is 367 g/mol. The van der Waals surface area contributed by atoms with Gasteiger partial charge in [-0.1, -0.05) is 29.4 Å². The normalized spacial score (nSPS) is 13.7. The van der Waals surface area contributed by atoms with Gasteiger partial charge >= 0.3 is 0 Å². The standard InChI is InChI=1S/C21H19ClN2O2/c1-13(22)21(25)24(2)16-10-7-15(8-11-16)20-18-12-9-14-5-3-4-6-17(14)19(18)23-26-20/h3-8,10-11,13H,9,12H2,1-2H3/t13-/m1/s1. The van der Waals surface area contributed by atoms with Gasteiger partial charge in [0, 0.05) is 29.4 Å². The number of alkyl halides is 1. The Labute approximate surface area is 157 Å². The quantitative estimate of drug-likeness (QED) is 0.631. The van der Waals surface area contributed by atoms with Crippen LogP contribution in [0.1, 0.15) is 18.1 Å². The third-order valence-corrected chi connectivity index (χ3v) is 5.08. The van der Waals surface area contributed by atoms with Gasteiger partial charge in [0.1, 0.15) is 11.1 Å². The molecular weight excluding hydrogens is 348 g/mol. The molecule has 0 saturated carbocycles. The van der Waals surface area contributed by atoms with E-state index in [2.05, 4.69) is 23.4 Å². The number of benzene rings is 2. The molecule has 1 aliphatic rings. The number of aromatic nitrogens is 1. The second-order valence-electron chi connectivity index (χ2n) is 6.56. The maximum atomic E-state index is 12.0. The van der Waals surface area contributed by atoms with Gasteiger partial charge < -0.3 is 9.42 Å². The van der Waals surface area contributed by atoms with Gasteiger partial charge in [0.15, 0.2) is 5.76 Å². The Balaban J connectivity index is 1.66. The lowest BCUT2D eigenvalue weighted by Crippen LogP contribution is -2.31. The lowest BCUT2D eigenvalue weighted by Gasteiger charge is -2.19. The lowest BCUT2D eigenvalue weighted by molar-refractivity contribution is -0.117. The number of hydrogen-bond acceptors (Lipinski definition) is 3. The molecule has 1 atom stereocenters. The minimum Gasteiger partial charge on any atom is -0.355 e. The maximum Gasteiger partial charge on any atom is 0.244 e. The van der Waals surface area contributed by atoms with E-state index in [1.165, 1.54) is 5.56 Å². The maximum absolute atomic E-state index is 12.0. The fourth-order valence-electron chi connectivity index (χ4n) is 3.44. The molecule has 4 nitrogen and oxygen atoms in total. The summed E-state index contributed by atoms with van der Waals surface area (Å²) in [5.41, 5.74) is 6.31. The number of anilines is 1. The summed E-state index contributed by atoms with van der Waals surface area (Å²) in [5, 5.41) is 3.77. The largest absolute Gasteiger partial charge is 0.355 e. The number of carbonyl (C=O) groups excluding carboxylic acids is 1. The topological polar surface area (TPSA) is 46.3 Å². The van der Waals surface area contributed by atoms with Crippen LogP contribution in [0.4, 0.5) is 5.69 Å². The lowest BCUT2D eigenvalue weighted by atomic mass is 9.88. The van der Waals surface area contributed by atoms with Gasteiger partial charge in [0.05, 0.1) is 0 Å². The van der Waals surface area contributed by atoms with Crippen LogP contribution in [0.25, 0.3) is 22.6 Å². The molecule has 0 spiro atoms. The third-order valence-electron chi connectivity index (χ3n) is 4.89. The number of halogens is 1. The molecule has 0 bridgehead atoms. The van der Waals surface area contributed by atoms with Gasteiger partial charge in [0.2, 0.25) is 5.91 Å². The highest BCUT2D eigenvalue weighted by Gasteiger charge is 2.24. The molecule has 0 saturated heterocycles. The first kappa shape index (κ1) is 16.9. The van der Waals surface area contributed by atoms with Crippen molar-refractivity contribution in [3.8, 4) is 22.6 Å². The first-order chi connectivity index (χ1) is 12.6. The molecule has 1 amide bonds. The van der Waals surface area contributed by atoms with Crippen LogP contribution in [-0.4, -0.2) is 23.5 Å². The monoisotopic (exact) mass is 366 g/mol. The fraction of sp³-hybridized carbons (Fsp3) is 0.238. The molecule has 5 heteroatoms. The molecule has 132 valence electrons. The van der Waals surface area contributed by atoms with Crippen LogP contribution >= 0.6 is 11.6 Å². The van der Waals surface area contributed by atoms with Crippen LogP contribution in [0, 0.1) is 0 Å². The average Bonchev–Trinajstić information content (AvgIpc) is 3.11. The Bertz CT molecular complexity index is 960. The van der Waals surface area contributed by atoms with E-state index in [9.17, 15) is 4.79 Å². The third kappa shape index (κ3) is 2.80. The molecule has 0 unspecified atom stereocenters. The minimum atomic E-state index is -0.555. The smallest absolute Gasteiger partial charge is 0.244 e. The Morgan fingerprint density at radius 2 is 1.88 bits per heavy atom. The highest BCUT2D eigenvalue weighted by atomic mass is 35.5. The van der Waals surface area contributed by atoms with Gasteiger partial charge in [-0.2, -0.15) is 0 Å². The highest BCUT2D eigenvalue weighted by molar-refractivity contribution is 6.32. The molecule has 26 heavy (non-hydrogen) atoms. The van der Waals surface area contributed by atoms with Crippen molar-refractivity contribution in [3.05, 3.63) is 59.7 Å². The Morgan fingerprint density at radius 3 is 2.62 bits per heavy atom. The van der Waals surface area contributed by atoms with Gasteiger partial charge in [0.25, 0.3) is 0 Å². The molecule has 0 N–H and O–H groups in total. The second kappa shape index (κ2) is 6.61. The van der Waals surface area contributed by atoms with Crippen molar-refractivity contribution in [2.45, 2.75) is 25.1 Å². The van der Waals surface area contributed by atoms with Crippen molar-refractivity contribution in [2.24, 2.45) is 0 Å². The minimum absolute atomic E-state index is 0.131. The number of carbonyl (C=O) groups is 1. The molecule has 0 aliphatic heterocycles. The number of nitrogens with zero attached hydrogens (tertiary/aromatic N) is 2. The number of hydrogen-bond donors (Lipinski definition) is 0. The zero-order valence-electron chi connectivity index (χ0n) is 14.7. The van der Waals surface area contributed by atoms with Crippen molar-refractivity contribution in [3.63, 3.8) is 0 Å². The van der Waals surface area contributed by atoms with Crippen molar-refractivity contribution in [1.82, 2.24) is 5.16 Å². The molecule has 2 aromatic carbocycles. The van der Waals surface area contributed by atoms with Gasteiger partial charge in [-0.15, -0.1) is 11.6 Å². The molecule has 4 rings (SSSR count). The summed E-state index contributed by atoms with van der Waals surface area (Å²) in [7, 11) is 1.73. The molecule has 1 aliphatic carbocycles. The van der Waals surface area contributed by atoms with Crippen LogP contribution < -0.4 is 4.90 Å². The predicted octanol–water partition coefficient (Wildman–Crippen LogP) is 4.70. The summed E-state index contributed by atoms with van der Waals surface area (Å²) >= 11 is 5.89. The Hall–Kier alpha value is -2.59. The zero-order chi connectivity index (χ0) is 18.3. The first-order valence-electron chi connectivity index (χ1n) is 8.65. The van der Waals surface area contributed by atoms with Crippen molar-refractivity contribution in [2.75, 3.05) is 11.9 Å². The summed E-state index contributed by atoms with van der Waals surface area (Å²) in [5.74, 6) is 0.675. The summed E-state index contributed by atoms with van der Waals surface area (Å²) in [6.45, 7) is 1.67. The predicted molar refractivity (Wildman–Crippen MR) is 104 cm³/mol. The molecule has 3 aromatic rings. The van der Waals surface area contributed by atoms with Crippen molar-refractivity contribution < 1.29 is 9.32 Å².